The summed E-state index contributed by atoms with van der Waals surface area (Å²) < 4.78 is 5.15. The summed E-state index contributed by atoms with van der Waals surface area (Å²) in [5.41, 5.74) is 4.98. The number of ether oxygens (including phenoxy) is 1. The molecule has 1 N–H and O–H groups in total. The lowest BCUT2D eigenvalue weighted by molar-refractivity contribution is 0.192. The van der Waals surface area contributed by atoms with Crippen LogP contribution in [0.25, 0.3) is 0 Å². The van der Waals surface area contributed by atoms with E-state index in [0.29, 0.717) is 0 Å². The number of para-hydroxylation sites is 1. The van der Waals surface area contributed by atoms with Crippen LogP contribution in [0.15, 0.2) is 42.5 Å². The van der Waals surface area contributed by atoms with Crippen molar-refractivity contribution in [3.63, 3.8) is 0 Å². The first-order valence-electron chi connectivity index (χ1n) is 8.79. The van der Waals surface area contributed by atoms with Gasteiger partial charge in [-0.05, 0) is 61.2 Å². The summed E-state index contributed by atoms with van der Waals surface area (Å²) in [6.45, 7) is 3.87. The SMILES string of the molecule is COCCCCNC(c1ccc(Cl)cc1C)c1ccccc1N(C)C. The molecule has 3 nitrogen and oxygen atoms in total. The number of aryl methyl sites for hydroxylation is 1. The van der Waals surface area contributed by atoms with Crippen LogP contribution in [0.2, 0.25) is 5.02 Å². The van der Waals surface area contributed by atoms with Crippen molar-refractivity contribution in [3.8, 4) is 0 Å². The van der Waals surface area contributed by atoms with E-state index in [1.54, 1.807) is 7.11 Å². The summed E-state index contributed by atoms with van der Waals surface area (Å²) in [6, 6.07) is 14.8. The molecule has 4 heteroatoms. The topological polar surface area (TPSA) is 24.5 Å². The highest BCUT2D eigenvalue weighted by molar-refractivity contribution is 6.30. The van der Waals surface area contributed by atoms with E-state index < -0.39 is 0 Å². The molecular weight excluding hydrogens is 332 g/mol. The number of anilines is 1. The monoisotopic (exact) mass is 360 g/mol. The van der Waals surface area contributed by atoms with Crippen LogP contribution in [0, 0.1) is 6.92 Å². The predicted molar refractivity (Wildman–Crippen MR) is 108 cm³/mol. The van der Waals surface area contributed by atoms with Gasteiger partial charge in [-0.3, -0.25) is 0 Å². The molecule has 2 aromatic carbocycles. The Morgan fingerprint density at radius 1 is 1.08 bits per heavy atom. The third-order valence-corrected chi connectivity index (χ3v) is 4.63. The first kappa shape index (κ1) is 19.8. The number of rotatable bonds is 9. The van der Waals surface area contributed by atoms with Crippen molar-refractivity contribution >= 4 is 17.3 Å². The lowest BCUT2D eigenvalue weighted by Gasteiger charge is -2.27. The third-order valence-electron chi connectivity index (χ3n) is 4.40. The molecule has 1 unspecified atom stereocenters. The maximum absolute atomic E-state index is 6.17. The van der Waals surface area contributed by atoms with Crippen molar-refractivity contribution in [1.82, 2.24) is 5.32 Å². The zero-order valence-corrected chi connectivity index (χ0v) is 16.4. The Bertz CT molecular complexity index is 673. The Hall–Kier alpha value is -1.55. The highest BCUT2D eigenvalue weighted by Crippen LogP contribution is 2.32. The molecule has 25 heavy (non-hydrogen) atoms. The van der Waals surface area contributed by atoms with Crippen LogP contribution in [0.5, 0.6) is 0 Å². The molecule has 0 amide bonds. The smallest absolute Gasteiger partial charge is 0.0599 e. The first-order valence-corrected chi connectivity index (χ1v) is 9.17. The van der Waals surface area contributed by atoms with Gasteiger partial charge in [0, 0.05) is 38.5 Å². The van der Waals surface area contributed by atoms with Crippen LogP contribution in [0.3, 0.4) is 0 Å². The molecule has 136 valence electrons. The van der Waals surface area contributed by atoms with Crippen LogP contribution in [0.4, 0.5) is 5.69 Å². The van der Waals surface area contributed by atoms with E-state index in [1.165, 1.54) is 22.4 Å². The molecule has 0 saturated carbocycles. The molecule has 1 atom stereocenters. The number of methoxy groups -OCH3 is 1. The van der Waals surface area contributed by atoms with Crippen LogP contribution in [0.1, 0.15) is 35.6 Å². The summed E-state index contributed by atoms with van der Waals surface area (Å²) in [5.74, 6) is 0. The average molecular weight is 361 g/mol. The van der Waals surface area contributed by atoms with Crippen LogP contribution < -0.4 is 10.2 Å². The normalized spacial score (nSPS) is 12.2. The molecule has 0 aliphatic carbocycles. The van der Waals surface area contributed by atoms with Crippen LogP contribution in [-0.2, 0) is 4.74 Å². The van der Waals surface area contributed by atoms with Gasteiger partial charge >= 0.3 is 0 Å². The van der Waals surface area contributed by atoms with Crippen molar-refractivity contribution < 1.29 is 4.74 Å². The predicted octanol–water partition coefficient (Wildman–Crippen LogP) is 4.82. The van der Waals surface area contributed by atoms with Gasteiger partial charge in [0.25, 0.3) is 0 Å². The zero-order chi connectivity index (χ0) is 18.2. The fourth-order valence-electron chi connectivity index (χ4n) is 3.11. The number of hydrogen-bond acceptors (Lipinski definition) is 3. The van der Waals surface area contributed by atoms with Gasteiger partial charge in [0.15, 0.2) is 0 Å². The van der Waals surface area contributed by atoms with E-state index in [2.05, 4.69) is 61.6 Å². The van der Waals surface area contributed by atoms with E-state index >= 15 is 0 Å². The molecule has 0 fully saturated rings. The van der Waals surface area contributed by atoms with Crippen molar-refractivity contribution in [1.29, 1.82) is 0 Å². The summed E-state index contributed by atoms with van der Waals surface area (Å²) in [5, 5.41) is 4.52. The molecule has 0 aromatic heterocycles. The lowest BCUT2D eigenvalue weighted by Crippen LogP contribution is -2.26. The number of benzene rings is 2. The number of nitrogens with zero attached hydrogens (tertiary/aromatic N) is 1. The Morgan fingerprint density at radius 2 is 1.84 bits per heavy atom. The fraction of sp³-hybridized carbons (Fsp3) is 0.429. The summed E-state index contributed by atoms with van der Waals surface area (Å²) in [7, 11) is 5.92. The van der Waals surface area contributed by atoms with E-state index in [9.17, 15) is 0 Å². The van der Waals surface area contributed by atoms with Crippen molar-refractivity contribution in [3.05, 3.63) is 64.2 Å². The van der Waals surface area contributed by atoms with Gasteiger partial charge in [-0.15, -0.1) is 0 Å². The van der Waals surface area contributed by atoms with E-state index in [-0.39, 0.29) is 6.04 Å². The Kier molecular flexibility index (Phi) is 7.76. The highest BCUT2D eigenvalue weighted by Gasteiger charge is 2.19. The Morgan fingerprint density at radius 3 is 2.52 bits per heavy atom. The van der Waals surface area contributed by atoms with E-state index in [0.717, 1.165) is 31.0 Å². The second-order valence-corrected chi connectivity index (χ2v) is 6.98. The van der Waals surface area contributed by atoms with Gasteiger partial charge in [0.05, 0.1) is 6.04 Å². The summed E-state index contributed by atoms with van der Waals surface area (Å²) in [4.78, 5) is 2.17. The van der Waals surface area contributed by atoms with Crippen molar-refractivity contribution in [2.45, 2.75) is 25.8 Å². The quantitative estimate of drug-likeness (QED) is 0.649. The first-order chi connectivity index (χ1) is 12.0. The standard InChI is InChI=1S/C21H29ClN2O/c1-16-15-17(22)11-12-18(16)21(23-13-7-8-14-25-4)19-9-5-6-10-20(19)24(2)3/h5-6,9-12,15,21,23H,7-8,13-14H2,1-4H3. The average Bonchev–Trinajstić information content (AvgIpc) is 2.59. The Balaban J connectivity index is 2.32. The zero-order valence-electron chi connectivity index (χ0n) is 15.7. The highest BCUT2D eigenvalue weighted by atomic mass is 35.5. The van der Waals surface area contributed by atoms with Gasteiger partial charge < -0.3 is 15.0 Å². The largest absolute Gasteiger partial charge is 0.385 e. The van der Waals surface area contributed by atoms with Gasteiger partial charge in [0.1, 0.15) is 0 Å². The fourth-order valence-corrected chi connectivity index (χ4v) is 3.33. The van der Waals surface area contributed by atoms with Crippen molar-refractivity contribution in [2.75, 3.05) is 39.3 Å². The van der Waals surface area contributed by atoms with Crippen molar-refractivity contribution in [2.24, 2.45) is 0 Å². The van der Waals surface area contributed by atoms with Gasteiger partial charge in [-0.25, -0.2) is 0 Å². The minimum atomic E-state index is 0.137. The molecular formula is C21H29ClN2O. The minimum Gasteiger partial charge on any atom is -0.385 e. The third kappa shape index (κ3) is 5.46. The van der Waals surface area contributed by atoms with Crippen LogP contribution in [-0.4, -0.2) is 34.4 Å². The maximum Gasteiger partial charge on any atom is 0.0599 e. The number of nitrogens with one attached hydrogen (secondary N) is 1. The molecule has 0 aliphatic rings. The molecule has 0 radical (unpaired) electrons. The molecule has 0 spiro atoms. The van der Waals surface area contributed by atoms with E-state index in [1.807, 2.05) is 12.1 Å². The molecule has 0 heterocycles. The summed E-state index contributed by atoms with van der Waals surface area (Å²) in [6.07, 6.45) is 2.15. The minimum absolute atomic E-state index is 0.137. The number of halogens is 1. The second-order valence-electron chi connectivity index (χ2n) is 6.54. The molecule has 0 saturated heterocycles. The van der Waals surface area contributed by atoms with Gasteiger partial charge in [0.2, 0.25) is 0 Å². The van der Waals surface area contributed by atoms with Crippen LogP contribution >= 0.6 is 11.6 Å². The molecule has 0 aliphatic heterocycles. The Labute approximate surface area is 156 Å². The molecule has 2 aromatic rings. The number of unbranched alkanes of at least 4 members (excludes halogenated alkanes) is 1. The second kappa shape index (κ2) is 9.81. The molecule has 0 bridgehead atoms. The summed E-state index contributed by atoms with van der Waals surface area (Å²) >= 11 is 6.17. The van der Waals surface area contributed by atoms with E-state index in [4.69, 9.17) is 16.3 Å². The van der Waals surface area contributed by atoms with Gasteiger partial charge in [-0.2, -0.15) is 0 Å². The lowest BCUT2D eigenvalue weighted by atomic mass is 9.93. The van der Waals surface area contributed by atoms with Gasteiger partial charge in [-0.1, -0.05) is 35.9 Å². The maximum atomic E-state index is 6.17. The molecule has 2 rings (SSSR count). The number of hydrogen-bond donors (Lipinski definition) is 1.